The summed E-state index contributed by atoms with van der Waals surface area (Å²) in [5, 5.41) is 8.09. The normalized spacial score (nSPS) is 11.2. The molecule has 3 nitrogen and oxygen atoms in total. The lowest BCUT2D eigenvalue weighted by molar-refractivity contribution is 0.579. The monoisotopic (exact) mass is 277 g/mol. The third kappa shape index (κ3) is 3.45. The van der Waals surface area contributed by atoms with Crippen LogP contribution in [0.15, 0.2) is 12.1 Å². The molecule has 1 N–H and O–H groups in total. The maximum atomic E-state index is 4.57. The van der Waals surface area contributed by atoms with Crippen molar-refractivity contribution in [2.75, 3.05) is 0 Å². The van der Waals surface area contributed by atoms with Crippen molar-refractivity contribution in [3.8, 4) is 0 Å². The van der Waals surface area contributed by atoms with Crippen LogP contribution in [0.5, 0.6) is 0 Å². The number of hydrogen-bond donors (Lipinski definition) is 1. The lowest BCUT2D eigenvalue weighted by Crippen LogP contribution is -2.15. The fraction of sp³-hybridized carbons (Fsp3) is 0.533. The van der Waals surface area contributed by atoms with Crippen molar-refractivity contribution < 1.29 is 0 Å². The molecule has 0 saturated carbocycles. The number of nitrogens with zero attached hydrogens (tertiary/aromatic N) is 2. The van der Waals surface area contributed by atoms with Crippen molar-refractivity contribution in [1.82, 2.24) is 15.1 Å². The van der Waals surface area contributed by atoms with Gasteiger partial charge < -0.3 is 5.32 Å². The van der Waals surface area contributed by atoms with Crippen LogP contribution in [0.25, 0.3) is 0 Å². The Labute approximate surface area is 119 Å². The molecule has 0 amide bonds. The highest BCUT2D eigenvalue weighted by Gasteiger charge is 2.06. The summed E-state index contributed by atoms with van der Waals surface area (Å²) in [6.45, 7) is 11.4. The van der Waals surface area contributed by atoms with Gasteiger partial charge >= 0.3 is 0 Å². The second kappa shape index (κ2) is 6.35. The second-order valence-electron chi connectivity index (χ2n) is 4.85. The Hall–Kier alpha value is -1.13. The molecule has 0 aliphatic heterocycles. The van der Waals surface area contributed by atoms with E-state index in [4.69, 9.17) is 0 Å². The van der Waals surface area contributed by atoms with Crippen LogP contribution in [0, 0.1) is 13.8 Å². The summed E-state index contributed by atoms with van der Waals surface area (Å²) in [5.41, 5.74) is 3.86. The maximum Gasteiger partial charge on any atom is 0.0625 e. The third-order valence-corrected chi connectivity index (χ3v) is 4.55. The molecule has 2 heterocycles. The first-order valence-corrected chi connectivity index (χ1v) is 7.77. The molecule has 2 aromatic rings. The van der Waals surface area contributed by atoms with E-state index in [1.165, 1.54) is 26.7 Å². The van der Waals surface area contributed by atoms with E-state index < -0.39 is 0 Å². The number of hydrogen-bond acceptors (Lipinski definition) is 3. The van der Waals surface area contributed by atoms with Gasteiger partial charge in [0, 0.05) is 29.4 Å². The van der Waals surface area contributed by atoms with Crippen LogP contribution in [-0.2, 0) is 26.1 Å². The Morgan fingerprint density at radius 2 is 2.00 bits per heavy atom. The molecule has 0 aromatic carbocycles. The van der Waals surface area contributed by atoms with Crippen molar-refractivity contribution in [3.05, 3.63) is 38.8 Å². The first-order valence-electron chi connectivity index (χ1n) is 6.96. The summed E-state index contributed by atoms with van der Waals surface area (Å²) < 4.78 is 2.09. The number of aryl methyl sites for hydroxylation is 4. The fourth-order valence-corrected chi connectivity index (χ4v) is 3.18. The van der Waals surface area contributed by atoms with Crippen molar-refractivity contribution in [1.29, 1.82) is 0 Å². The predicted molar refractivity (Wildman–Crippen MR) is 81.6 cm³/mol. The highest BCUT2D eigenvalue weighted by atomic mass is 32.1. The van der Waals surface area contributed by atoms with E-state index in [0.29, 0.717) is 0 Å². The summed E-state index contributed by atoms with van der Waals surface area (Å²) in [7, 11) is 0. The van der Waals surface area contributed by atoms with Gasteiger partial charge in [-0.2, -0.15) is 5.10 Å². The van der Waals surface area contributed by atoms with Crippen molar-refractivity contribution in [2.45, 2.75) is 53.8 Å². The largest absolute Gasteiger partial charge is 0.306 e. The Kier molecular flexibility index (Phi) is 4.77. The van der Waals surface area contributed by atoms with Crippen LogP contribution in [0.2, 0.25) is 0 Å². The van der Waals surface area contributed by atoms with Crippen molar-refractivity contribution >= 4 is 11.3 Å². The molecule has 2 rings (SSSR count). The SMILES string of the molecule is CCc1cc(CNCc2cc(C)c(C)s2)n(CC)n1. The second-order valence-corrected chi connectivity index (χ2v) is 6.19. The molecule has 0 unspecified atom stereocenters. The summed E-state index contributed by atoms with van der Waals surface area (Å²) in [5.74, 6) is 0. The van der Waals surface area contributed by atoms with Gasteiger partial charge in [-0.1, -0.05) is 6.92 Å². The Morgan fingerprint density at radius 1 is 1.21 bits per heavy atom. The van der Waals surface area contributed by atoms with Gasteiger partial charge in [-0.05, 0) is 44.9 Å². The molecule has 0 atom stereocenters. The van der Waals surface area contributed by atoms with Crippen LogP contribution in [0.4, 0.5) is 0 Å². The smallest absolute Gasteiger partial charge is 0.0625 e. The topological polar surface area (TPSA) is 29.9 Å². The van der Waals surface area contributed by atoms with Gasteiger partial charge in [-0.25, -0.2) is 0 Å². The van der Waals surface area contributed by atoms with Crippen LogP contribution < -0.4 is 5.32 Å². The average Bonchev–Trinajstić information content (AvgIpc) is 2.94. The minimum absolute atomic E-state index is 0.886. The van der Waals surface area contributed by atoms with Crippen LogP contribution in [0.3, 0.4) is 0 Å². The molecule has 104 valence electrons. The zero-order chi connectivity index (χ0) is 13.8. The van der Waals surface area contributed by atoms with E-state index in [-0.39, 0.29) is 0 Å². The third-order valence-electron chi connectivity index (χ3n) is 3.40. The van der Waals surface area contributed by atoms with E-state index in [1.54, 1.807) is 0 Å². The predicted octanol–water partition coefficient (Wildman–Crippen LogP) is 3.43. The molecular formula is C15H23N3S. The molecule has 0 saturated heterocycles. The maximum absolute atomic E-state index is 4.57. The van der Waals surface area contributed by atoms with Crippen molar-refractivity contribution in [3.63, 3.8) is 0 Å². The van der Waals surface area contributed by atoms with Crippen molar-refractivity contribution in [2.24, 2.45) is 0 Å². The number of nitrogens with one attached hydrogen (secondary N) is 1. The van der Waals surface area contributed by atoms with Gasteiger partial charge in [0.25, 0.3) is 0 Å². The zero-order valence-electron chi connectivity index (χ0n) is 12.3. The lowest BCUT2D eigenvalue weighted by Gasteiger charge is -2.05. The van der Waals surface area contributed by atoms with E-state index in [9.17, 15) is 0 Å². The molecule has 2 aromatic heterocycles. The van der Waals surface area contributed by atoms with Crippen LogP contribution in [0.1, 0.15) is 40.6 Å². The number of thiophene rings is 1. The lowest BCUT2D eigenvalue weighted by atomic mass is 10.3. The molecule has 0 fully saturated rings. The fourth-order valence-electron chi connectivity index (χ4n) is 2.15. The Bertz CT molecular complexity index is 520. The van der Waals surface area contributed by atoms with E-state index >= 15 is 0 Å². The molecule has 4 heteroatoms. The number of rotatable bonds is 6. The zero-order valence-corrected chi connectivity index (χ0v) is 13.1. The molecule has 0 radical (unpaired) electrons. The van der Waals surface area contributed by atoms with E-state index in [1.807, 2.05) is 11.3 Å². The molecular weight excluding hydrogens is 254 g/mol. The molecule has 19 heavy (non-hydrogen) atoms. The van der Waals surface area contributed by atoms with Gasteiger partial charge in [0.05, 0.1) is 11.4 Å². The quantitative estimate of drug-likeness (QED) is 0.876. The highest BCUT2D eigenvalue weighted by molar-refractivity contribution is 7.12. The summed E-state index contributed by atoms with van der Waals surface area (Å²) >= 11 is 1.88. The van der Waals surface area contributed by atoms with Gasteiger partial charge in [0.2, 0.25) is 0 Å². The summed E-state index contributed by atoms with van der Waals surface area (Å²) in [6, 6.07) is 4.49. The van der Waals surface area contributed by atoms with Crippen LogP contribution >= 0.6 is 11.3 Å². The minimum atomic E-state index is 0.886. The first kappa shape index (κ1) is 14.3. The summed E-state index contributed by atoms with van der Waals surface area (Å²) in [4.78, 5) is 2.83. The highest BCUT2D eigenvalue weighted by Crippen LogP contribution is 2.20. The molecule has 0 bridgehead atoms. The molecule has 0 aliphatic rings. The average molecular weight is 277 g/mol. The standard InChI is InChI=1S/C15H23N3S/c1-5-13-8-14(18(6-2)17-13)9-16-10-15-7-11(3)12(4)19-15/h7-8,16H,5-6,9-10H2,1-4H3. The molecule has 0 aliphatic carbocycles. The number of aromatic nitrogens is 2. The Morgan fingerprint density at radius 3 is 2.58 bits per heavy atom. The van der Waals surface area contributed by atoms with Gasteiger partial charge in [0.15, 0.2) is 0 Å². The summed E-state index contributed by atoms with van der Waals surface area (Å²) in [6.07, 6.45) is 1.00. The van der Waals surface area contributed by atoms with Gasteiger partial charge in [-0.3, -0.25) is 4.68 Å². The Balaban J connectivity index is 1.93. The van der Waals surface area contributed by atoms with Crippen LogP contribution in [-0.4, -0.2) is 9.78 Å². The van der Waals surface area contributed by atoms with E-state index in [0.717, 1.165) is 26.1 Å². The van der Waals surface area contributed by atoms with Gasteiger partial charge in [0.1, 0.15) is 0 Å². The van der Waals surface area contributed by atoms with E-state index in [2.05, 4.69) is 54.9 Å². The van der Waals surface area contributed by atoms with Gasteiger partial charge in [-0.15, -0.1) is 11.3 Å². The molecule has 0 spiro atoms. The minimum Gasteiger partial charge on any atom is -0.306 e. The first-order chi connectivity index (χ1) is 9.13.